The van der Waals surface area contributed by atoms with Crippen LogP contribution in [0.15, 0.2) is 95.9 Å². The molecule has 46 heavy (non-hydrogen) atoms. The van der Waals surface area contributed by atoms with Gasteiger partial charge in [-0.3, -0.25) is 4.79 Å². The summed E-state index contributed by atoms with van der Waals surface area (Å²) in [5.41, 5.74) is 1.09. The smallest absolute Gasteiger partial charge is 0.338 e. The van der Waals surface area contributed by atoms with E-state index in [0.29, 0.717) is 23.5 Å². The molecule has 0 aliphatic carbocycles. The van der Waals surface area contributed by atoms with Gasteiger partial charge in [-0.15, -0.1) is 0 Å². The number of benzene rings is 4. The minimum atomic E-state index is -3.97. The van der Waals surface area contributed by atoms with Crippen molar-refractivity contribution in [2.45, 2.75) is 23.8 Å². The number of nitrogens with zero attached hydrogens (tertiary/aromatic N) is 1. The molecule has 1 aliphatic rings. The monoisotopic (exact) mass is 649 g/mol. The van der Waals surface area contributed by atoms with Crippen LogP contribution >= 0.6 is 0 Å². The van der Waals surface area contributed by atoms with Gasteiger partial charge in [-0.25, -0.2) is 22.4 Å². The zero-order chi connectivity index (χ0) is 33.4. The number of anilines is 1. The number of sulfone groups is 1. The molecule has 240 valence electrons. The third-order valence-electron chi connectivity index (χ3n) is 7.12. The van der Waals surface area contributed by atoms with Crippen molar-refractivity contribution in [1.82, 2.24) is 0 Å². The summed E-state index contributed by atoms with van der Waals surface area (Å²) >= 11 is 0. The van der Waals surface area contributed by atoms with E-state index in [1.54, 1.807) is 54.6 Å². The number of hydrogen-bond donors (Lipinski definition) is 1. The van der Waals surface area contributed by atoms with Gasteiger partial charge in [0, 0.05) is 18.4 Å². The third kappa shape index (κ3) is 7.88. The van der Waals surface area contributed by atoms with Crippen molar-refractivity contribution in [2.24, 2.45) is 0 Å². The Balaban J connectivity index is 0.000000369. The lowest BCUT2D eigenvalue weighted by atomic mass is 10.0. The summed E-state index contributed by atoms with van der Waals surface area (Å²) in [5, 5.41) is 8.51. The molecule has 0 bridgehead atoms. The predicted octanol–water partition coefficient (Wildman–Crippen LogP) is 5.65. The number of piperidine rings is 1. The molecule has 1 unspecified atom stereocenters. The molecule has 0 aromatic heterocycles. The summed E-state index contributed by atoms with van der Waals surface area (Å²) in [6, 6.07) is 23.9. The standard InChI is InChI=1S/C26H24FNO6S.C8H8O3/c1-33-19-12-10-18(11-13-19)26(30)34-22-9-6-16-28(25(22)29)21-15-14-20(17-7-4-3-5-8-17)24(23(21)27)35(2,31)32;1-11-7-4-2-6(3-5-7)8(9)10/h3-5,7-8,10-15,22H,6,9,16H2,1-2H3;2-5H,1H3,(H,9,10). The van der Waals surface area contributed by atoms with Gasteiger partial charge in [0.25, 0.3) is 5.91 Å². The largest absolute Gasteiger partial charge is 0.497 e. The second-order valence-electron chi connectivity index (χ2n) is 10.2. The minimum absolute atomic E-state index is 0.166. The van der Waals surface area contributed by atoms with E-state index in [2.05, 4.69) is 0 Å². The number of carboxylic acids is 1. The van der Waals surface area contributed by atoms with E-state index in [1.807, 2.05) is 0 Å². The highest BCUT2D eigenvalue weighted by Crippen LogP contribution is 2.36. The van der Waals surface area contributed by atoms with Crippen molar-refractivity contribution in [2.75, 3.05) is 31.9 Å². The number of hydrogen-bond acceptors (Lipinski definition) is 8. The molecule has 5 rings (SSSR count). The van der Waals surface area contributed by atoms with Crippen molar-refractivity contribution in [3.63, 3.8) is 0 Å². The quantitative estimate of drug-likeness (QED) is 0.240. The van der Waals surface area contributed by atoms with Crippen LogP contribution in [-0.4, -0.2) is 64.5 Å². The Morgan fingerprint density at radius 1 is 0.848 bits per heavy atom. The first kappa shape index (κ1) is 33.7. The molecule has 1 heterocycles. The van der Waals surface area contributed by atoms with E-state index >= 15 is 4.39 Å². The summed E-state index contributed by atoms with van der Waals surface area (Å²) in [7, 11) is -0.933. The average Bonchev–Trinajstić information content (AvgIpc) is 3.06. The number of aromatic carboxylic acids is 1. The van der Waals surface area contributed by atoms with Crippen LogP contribution in [0.2, 0.25) is 0 Å². The van der Waals surface area contributed by atoms with Crippen LogP contribution in [0.25, 0.3) is 11.1 Å². The van der Waals surface area contributed by atoms with Crippen molar-refractivity contribution in [1.29, 1.82) is 0 Å². The second kappa shape index (κ2) is 14.7. The predicted molar refractivity (Wildman–Crippen MR) is 169 cm³/mol. The number of carbonyl (C=O) groups excluding carboxylic acids is 2. The van der Waals surface area contributed by atoms with Gasteiger partial charge in [0.1, 0.15) is 16.4 Å². The van der Waals surface area contributed by atoms with Crippen molar-refractivity contribution < 1.29 is 46.5 Å². The first-order valence-corrected chi connectivity index (χ1v) is 16.0. The van der Waals surface area contributed by atoms with Gasteiger partial charge in [-0.05, 0) is 73.0 Å². The normalized spacial score (nSPS) is 14.5. The molecule has 1 atom stereocenters. The maximum Gasteiger partial charge on any atom is 0.338 e. The molecule has 1 saturated heterocycles. The van der Waals surface area contributed by atoms with Gasteiger partial charge >= 0.3 is 11.9 Å². The van der Waals surface area contributed by atoms with Gasteiger partial charge in [0.15, 0.2) is 21.8 Å². The minimum Gasteiger partial charge on any atom is -0.497 e. The van der Waals surface area contributed by atoms with Crippen molar-refractivity contribution >= 4 is 33.4 Å². The summed E-state index contributed by atoms with van der Waals surface area (Å²) in [5.74, 6) is -2.00. The van der Waals surface area contributed by atoms with Crippen LogP contribution in [0.1, 0.15) is 33.6 Å². The second-order valence-corrected chi connectivity index (χ2v) is 12.2. The molecule has 10 nitrogen and oxygen atoms in total. The number of rotatable bonds is 8. The third-order valence-corrected chi connectivity index (χ3v) is 8.27. The van der Waals surface area contributed by atoms with Crippen molar-refractivity contribution in [3.8, 4) is 22.6 Å². The Morgan fingerprint density at radius 2 is 1.41 bits per heavy atom. The van der Waals surface area contributed by atoms with E-state index in [4.69, 9.17) is 19.3 Å². The number of carboxylic acid groups (broad SMARTS) is 1. The van der Waals surface area contributed by atoms with Gasteiger partial charge in [-0.1, -0.05) is 36.4 Å². The van der Waals surface area contributed by atoms with Gasteiger partial charge in [-0.2, -0.15) is 0 Å². The zero-order valence-corrected chi connectivity index (χ0v) is 26.1. The molecule has 1 N–H and O–H groups in total. The first-order valence-electron chi connectivity index (χ1n) is 14.1. The summed E-state index contributed by atoms with van der Waals surface area (Å²) in [4.78, 5) is 36.8. The molecule has 4 aromatic rings. The number of ether oxygens (including phenoxy) is 3. The van der Waals surface area contributed by atoms with Crippen LogP contribution in [-0.2, 0) is 19.4 Å². The molecule has 0 spiro atoms. The molecule has 0 radical (unpaired) electrons. The van der Waals surface area contributed by atoms with Crippen LogP contribution in [0.5, 0.6) is 11.5 Å². The molecule has 12 heteroatoms. The molecule has 1 amide bonds. The first-order chi connectivity index (χ1) is 21.9. The fourth-order valence-corrected chi connectivity index (χ4v) is 5.83. The van der Waals surface area contributed by atoms with Crippen LogP contribution < -0.4 is 14.4 Å². The molecular formula is C34H32FNO9S. The van der Waals surface area contributed by atoms with Gasteiger partial charge in [0.05, 0.1) is 31.0 Å². The highest BCUT2D eigenvalue weighted by Gasteiger charge is 2.36. The lowest BCUT2D eigenvalue weighted by Crippen LogP contribution is -2.46. The molecule has 0 saturated carbocycles. The summed E-state index contributed by atoms with van der Waals surface area (Å²) in [6.45, 7) is 0.167. The van der Waals surface area contributed by atoms with E-state index in [-0.39, 0.29) is 35.3 Å². The van der Waals surface area contributed by atoms with Gasteiger partial charge in [0.2, 0.25) is 0 Å². The molecule has 1 aliphatic heterocycles. The number of esters is 1. The Bertz CT molecular complexity index is 1810. The molecular weight excluding hydrogens is 617 g/mol. The lowest BCUT2D eigenvalue weighted by molar-refractivity contribution is -0.129. The maximum atomic E-state index is 15.7. The summed E-state index contributed by atoms with van der Waals surface area (Å²) in [6.07, 6.45) is 0.535. The van der Waals surface area contributed by atoms with E-state index in [0.717, 1.165) is 11.2 Å². The van der Waals surface area contributed by atoms with Crippen LogP contribution in [0, 0.1) is 5.82 Å². The van der Waals surface area contributed by atoms with Gasteiger partial charge < -0.3 is 24.2 Å². The highest BCUT2D eigenvalue weighted by atomic mass is 32.2. The Labute approximate surface area is 265 Å². The zero-order valence-electron chi connectivity index (χ0n) is 25.3. The Morgan fingerprint density at radius 3 is 1.93 bits per heavy atom. The van der Waals surface area contributed by atoms with Crippen LogP contribution in [0.3, 0.4) is 0 Å². The number of carbonyl (C=O) groups is 3. The fourth-order valence-electron chi connectivity index (χ4n) is 4.81. The van der Waals surface area contributed by atoms with E-state index in [1.165, 1.54) is 50.6 Å². The molecule has 1 fully saturated rings. The number of halogens is 1. The Kier molecular flexibility index (Phi) is 10.8. The SMILES string of the molecule is COc1ccc(C(=O)O)cc1.COc1ccc(C(=O)OC2CCCN(c3ccc(-c4ccccc4)c(S(C)(=O)=O)c3F)C2=O)cc1. The number of amides is 1. The van der Waals surface area contributed by atoms with Crippen LogP contribution in [0.4, 0.5) is 10.1 Å². The summed E-state index contributed by atoms with van der Waals surface area (Å²) < 4.78 is 56.2. The fraction of sp³-hybridized carbons (Fsp3) is 0.206. The van der Waals surface area contributed by atoms with E-state index in [9.17, 15) is 22.8 Å². The van der Waals surface area contributed by atoms with Crippen molar-refractivity contribution in [3.05, 3.63) is 108 Å². The average molecular weight is 650 g/mol. The maximum absolute atomic E-state index is 15.7. The number of methoxy groups -OCH3 is 2. The van der Waals surface area contributed by atoms with E-state index < -0.39 is 44.5 Å². The highest BCUT2D eigenvalue weighted by molar-refractivity contribution is 7.90. The topological polar surface area (TPSA) is 137 Å². The Hall–Kier alpha value is -5.23. The lowest BCUT2D eigenvalue weighted by Gasteiger charge is -2.32. The molecule has 4 aromatic carbocycles.